The fraction of sp³-hybridized carbons (Fsp3) is 0.152. The summed E-state index contributed by atoms with van der Waals surface area (Å²) in [5, 5.41) is 4.23. The molecule has 1 saturated heterocycles. The van der Waals surface area contributed by atoms with Gasteiger partial charge < -0.3 is 24.3 Å². The number of ether oxygens (including phenoxy) is 2. The standard InChI is InChI=1S/C33H29BrN4O2S/c1-21-19-29(22(2)37(21)25-8-6-7-23(34)20-25)32-31(30-9-4-5-18-35-30)36-33(41)38(32)24-10-12-27(13-11-24)40-28-16-14-26(39-3)15-17-28/h4-20,31-32H,1-3H3,(H,36,41)/t31-,32-/m0/s1. The Morgan fingerprint density at radius 1 is 0.829 bits per heavy atom. The van der Waals surface area contributed by atoms with Crippen molar-refractivity contribution in [2.45, 2.75) is 25.9 Å². The monoisotopic (exact) mass is 624 g/mol. The van der Waals surface area contributed by atoms with Gasteiger partial charge in [0.1, 0.15) is 17.2 Å². The normalized spacial score (nSPS) is 16.5. The number of rotatable bonds is 7. The summed E-state index contributed by atoms with van der Waals surface area (Å²) in [6, 6.07) is 32.0. The van der Waals surface area contributed by atoms with Gasteiger partial charge in [0.25, 0.3) is 0 Å². The third-order valence-electron chi connectivity index (χ3n) is 7.36. The fourth-order valence-electron chi connectivity index (χ4n) is 5.50. The van der Waals surface area contributed by atoms with Gasteiger partial charge in [-0.05, 0) is 117 Å². The first-order valence-electron chi connectivity index (χ1n) is 13.3. The molecule has 3 aromatic carbocycles. The molecule has 0 saturated carbocycles. The Morgan fingerprint density at radius 3 is 2.20 bits per heavy atom. The van der Waals surface area contributed by atoms with Crippen LogP contribution in [0.25, 0.3) is 5.69 Å². The maximum atomic E-state index is 6.08. The van der Waals surface area contributed by atoms with Crippen LogP contribution in [-0.4, -0.2) is 21.8 Å². The van der Waals surface area contributed by atoms with Crippen molar-refractivity contribution in [3.63, 3.8) is 0 Å². The average molecular weight is 626 g/mol. The Bertz CT molecular complexity index is 1690. The van der Waals surface area contributed by atoms with Crippen LogP contribution in [0.2, 0.25) is 0 Å². The van der Waals surface area contributed by atoms with Crippen molar-refractivity contribution in [3.8, 4) is 22.9 Å². The molecule has 41 heavy (non-hydrogen) atoms. The molecule has 8 heteroatoms. The predicted octanol–water partition coefficient (Wildman–Crippen LogP) is 8.23. The molecule has 1 aliphatic rings. The van der Waals surface area contributed by atoms with Gasteiger partial charge in [-0.25, -0.2) is 0 Å². The molecule has 1 fully saturated rings. The molecule has 1 N–H and O–H groups in total. The Balaban J connectivity index is 1.39. The number of benzene rings is 3. The molecular weight excluding hydrogens is 596 g/mol. The number of aryl methyl sites for hydroxylation is 1. The van der Waals surface area contributed by atoms with Crippen LogP contribution in [0.4, 0.5) is 5.69 Å². The fourth-order valence-corrected chi connectivity index (χ4v) is 6.24. The number of anilines is 1. The number of methoxy groups -OCH3 is 1. The Hall–Kier alpha value is -4.14. The molecule has 0 radical (unpaired) electrons. The van der Waals surface area contributed by atoms with Crippen molar-refractivity contribution in [2.75, 3.05) is 12.0 Å². The van der Waals surface area contributed by atoms with E-state index in [4.69, 9.17) is 26.7 Å². The van der Waals surface area contributed by atoms with Crippen LogP contribution in [0.15, 0.2) is 108 Å². The maximum Gasteiger partial charge on any atom is 0.174 e. The topological polar surface area (TPSA) is 51.6 Å². The summed E-state index contributed by atoms with van der Waals surface area (Å²) < 4.78 is 14.7. The molecule has 0 bridgehead atoms. The second-order valence-corrected chi connectivity index (χ2v) is 11.2. The molecule has 5 aromatic rings. The van der Waals surface area contributed by atoms with E-state index < -0.39 is 0 Å². The molecule has 0 aliphatic carbocycles. The van der Waals surface area contributed by atoms with Crippen LogP contribution >= 0.6 is 28.1 Å². The summed E-state index contributed by atoms with van der Waals surface area (Å²) in [6.07, 6.45) is 1.83. The number of thiocarbonyl (C=S) groups is 1. The van der Waals surface area contributed by atoms with E-state index >= 15 is 0 Å². The van der Waals surface area contributed by atoms with E-state index in [9.17, 15) is 0 Å². The van der Waals surface area contributed by atoms with Crippen LogP contribution in [-0.2, 0) is 0 Å². The minimum Gasteiger partial charge on any atom is -0.497 e. The molecule has 2 atom stereocenters. The Labute approximate surface area is 253 Å². The van der Waals surface area contributed by atoms with Crippen molar-refractivity contribution < 1.29 is 9.47 Å². The van der Waals surface area contributed by atoms with Crippen molar-refractivity contribution in [1.29, 1.82) is 0 Å². The van der Waals surface area contributed by atoms with E-state index in [2.05, 4.69) is 74.9 Å². The zero-order valence-electron chi connectivity index (χ0n) is 22.9. The first kappa shape index (κ1) is 27.1. The Kier molecular flexibility index (Phi) is 7.51. The number of pyridine rings is 1. The average Bonchev–Trinajstić information content (AvgIpc) is 3.49. The number of aromatic nitrogens is 2. The van der Waals surface area contributed by atoms with Gasteiger partial charge in [-0.1, -0.05) is 28.1 Å². The third-order valence-corrected chi connectivity index (χ3v) is 8.17. The SMILES string of the molecule is COc1ccc(Oc2ccc(N3C(=S)N[C@@H](c4ccccn4)[C@@H]3c3cc(C)n(-c4cccc(Br)c4)c3C)cc2)cc1. The molecule has 2 aromatic heterocycles. The van der Waals surface area contributed by atoms with Gasteiger partial charge in [-0.2, -0.15) is 0 Å². The molecule has 0 unspecified atom stereocenters. The molecule has 0 amide bonds. The van der Waals surface area contributed by atoms with E-state index in [1.807, 2.05) is 72.9 Å². The van der Waals surface area contributed by atoms with Gasteiger partial charge in [-0.15, -0.1) is 0 Å². The zero-order valence-corrected chi connectivity index (χ0v) is 25.3. The highest BCUT2D eigenvalue weighted by Crippen LogP contribution is 2.44. The molecule has 1 aliphatic heterocycles. The number of halogens is 1. The lowest BCUT2D eigenvalue weighted by Gasteiger charge is -2.28. The van der Waals surface area contributed by atoms with E-state index in [-0.39, 0.29) is 12.1 Å². The number of nitrogens with one attached hydrogen (secondary N) is 1. The minimum absolute atomic E-state index is 0.113. The largest absolute Gasteiger partial charge is 0.497 e. The lowest BCUT2D eigenvalue weighted by atomic mass is 9.96. The van der Waals surface area contributed by atoms with E-state index in [0.717, 1.165) is 50.2 Å². The van der Waals surface area contributed by atoms with Crippen LogP contribution in [0.1, 0.15) is 34.7 Å². The van der Waals surface area contributed by atoms with Crippen molar-refractivity contribution in [1.82, 2.24) is 14.9 Å². The van der Waals surface area contributed by atoms with Crippen molar-refractivity contribution in [3.05, 3.63) is 130 Å². The number of hydrogen-bond acceptors (Lipinski definition) is 4. The highest BCUT2D eigenvalue weighted by atomic mass is 79.9. The summed E-state index contributed by atoms with van der Waals surface area (Å²) in [7, 11) is 1.65. The summed E-state index contributed by atoms with van der Waals surface area (Å²) >= 11 is 9.59. The first-order valence-corrected chi connectivity index (χ1v) is 14.5. The summed E-state index contributed by atoms with van der Waals surface area (Å²) in [5.74, 6) is 2.27. The molecule has 206 valence electrons. The van der Waals surface area contributed by atoms with Gasteiger partial charge in [0, 0.05) is 33.4 Å². The highest BCUT2D eigenvalue weighted by molar-refractivity contribution is 9.10. The minimum atomic E-state index is -0.129. The second kappa shape index (κ2) is 11.4. The van der Waals surface area contributed by atoms with E-state index in [1.165, 1.54) is 5.56 Å². The predicted molar refractivity (Wildman–Crippen MR) is 170 cm³/mol. The Morgan fingerprint density at radius 2 is 1.54 bits per heavy atom. The van der Waals surface area contributed by atoms with E-state index in [1.54, 1.807) is 7.11 Å². The quantitative estimate of drug-likeness (QED) is 0.184. The summed E-state index contributed by atoms with van der Waals surface area (Å²) in [6.45, 7) is 4.31. The smallest absolute Gasteiger partial charge is 0.174 e. The second-order valence-electron chi connectivity index (χ2n) is 9.91. The van der Waals surface area contributed by atoms with Gasteiger partial charge in [-0.3, -0.25) is 4.98 Å². The number of hydrogen-bond donors (Lipinski definition) is 1. The third kappa shape index (κ3) is 5.33. The van der Waals surface area contributed by atoms with Gasteiger partial charge in [0.15, 0.2) is 5.11 Å². The zero-order chi connectivity index (χ0) is 28.5. The maximum absolute atomic E-state index is 6.08. The van der Waals surface area contributed by atoms with Crippen LogP contribution < -0.4 is 19.7 Å². The van der Waals surface area contributed by atoms with Crippen molar-refractivity contribution in [2.24, 2.45) is 0 Å². The highest BCUT2D eigenvalue weighted by Gasteiger charge is 2.42. The lowest BCUT2D eigenvalue weighted by Crippen LogP contribution is -2.29. The molecule has 6 rings (SSSR count). The number of nitrogens with zero attached hydrogens (tertiary/aromatic N) is 3. The first-order chi connectivity index (χ1) is 19.9. The van der Waals surface area contributed by atoms with Gasteiger partial charge in [0.05, 0.1) is 24.9 Å². The summed E-state index contributed by atoms with van der Waals surface area (Å²) in [4.78, 5) is 6.90. The van der Waals surface area contributed by atoms with E-state index in [0.29, 0.717) is 5.11 Å². The molecule has 3 heterocycles. The summed E-state index contributed by atoms with van der Waals surface area (Å²) in [5.41, 5.74) is 6.51. The van der Waals surface area contributed by atoms with Crippen LogP contribution in [0.5, 0.6) is 17.2 Å². The molecule has 6 nitrogen and oxygen atoms in total. The van der Waals surface area contributed by atoms with Gasteiger partial charge in [0.2, 0.25) is 0 Å². The molecular formula is C33H29BrN4O2S. The lowest BCUT2D eigenvalue weighted by molar-refractivity contribution is 0.413. The van der Waals surface area contributed by atoms with Crippen molar-refractivity contribution >= 4 is 38.9 Å². The molecule has 0 spiro atoms. The van der Waals surface area contributed by atoms with Gasteiger partial charge >= 0.3 is 0 Å². The van der Waals surface area contributed by atoms with Crippen LogP contribution in [0.3, 0.4) is 0 Å². The van der Waals surface area contributed by atoms with Crippen LogP contribution in [0, 0.1) is 13.8 Å².